The van der Waals surface area contributed by atoms with Gasteiger partial charge in [-0.2, -0.15) is 0 Å². The van der Waals surface area contributed by atoms with Gasteiger partial charge in [0.15, 0.2) is 4.34 Å². The van der Waals surface area contributed by atoms with Gasteiger partial charge in [0, 0.05) is 12.2 Å². The summed E-state index contributed by atoms with van der Waals surface area (Å²) in [6, 6.07) is 7.21. The van der Waals surface area contributed by atoms with E-state index in [-0.39, 0.29) is 11.2 Å². The third-order valence-corrected chi connectivity index (χ3v) is 4.87. The van der Waals surface area contributed by atoms with Crippen LogP contribution in [0.5, 0.6) is 5.75 Å². The summed E-state index contributed by atoms with van der Waals surface area (Å²) in [5.41, 5.74) is 0.730. The van der Waals surface area contributed by atoms with E-state index in [0.29, 0.717) is 6.54 Å². The highest BCUT2D eigenvalue weighted by Crippen LogP contribution is 2.29. The molecule has 0 unspecified atom stereocenters. The molecule has 8 heteroatoms. The number of hydrogen-bond donors (Lipinski definition) is 2. The van der Waals surface area contributed by atoms with Crippen molar-refractivity contribution in [1.29, 1.82) is 0 Å². The molecular formula is C15H18N4O2S2. The van der Waals surface area contributed by atoms with Crippen molar-refractivity contribution in [1.82, 2.24) is 10.2 Å². The number of amides is 1. The Morgan fingerprint density at radius 1 is 1.43 bits per heavy atom. The van der Waals surface area contributed by atoms with Crippen molar-refractivity contribution in [3.05, 3.63) is 36.9 Å². The van der Waals surface area contributed by atoms with Crippen molar-refractivity contribution in [3.63, 3.8) is 0 Å². The summed E-state index contributed by atoms with van der Waals surface area (Å²) in [5.74, 6) is 0.662. The van der Waals surface area contributed by atoms with E-state index in [9.17, 15) is 4.79 Å². The topological polar surface area (TPSA) is 76.1 Å². The summed E-state index contributed by atoms with van der Waals surface area (Å²) in [5, 5.41) is 14.4. The molecule has 2 N–H and O–H groups in total. The van der Waals surface area contributed by atoms with Gasteiger partial charge < -0.3 is 15.4 Å². The molecule has 2 rings (SSSR count). The van der Waals surface area contributed by atoms with Gasteiger partial charge in [-0.1, -0.05) is 29.2 Å². The van der Waals surface area contributed by atoms with Crippen molar-refractivity contribution in [2.45, 2.75) is 16.5 Å². The molecule has 1 amide bonds. The Morgan fingerprint density at radius 2 is 2.17 bits per heavy atom. The summed E-state index contributed by atoms with van der Waals surface area (Å²) in [6.07, 6.45) is 1.75. The van der Waals surface area contributed by atoms with E-state index in [1.807, 2.05) is 6.92 Å². The minimum absolute atomic E-state index is 0.0871. The number of anilines is 2. The van der Waals surface area contributed by atoms with Crippen molar-refractivity contribution >= 4 is 39.8 Å². The van der Waals surface area contributed by atoms with E-state index >= 15 is 0 Å². The molecule has 1 heterocycles. The molecule has 122 valence electrons. The average Bonchev–Trinajstić information content (AvgIpc) is 3.01. The molecule has 0 aliphatic heterocycles. The predicted octanol–water partition coefficient (Wildman–Crippen LogP) is 3.26. The first kappa shape index (κ1) is 17.3. The number of nitrogens with zero attached hydrogens (tertiary/aromatic N) is 2. The Hall–Kier alpha value is -2.06. The number of benzene rings is 1. The summed E-state index contributed by atoms with van der Waals surface area (Å²) in [7, 11) is 1.60. The van der Waals surface area contributed by atoms with E-state index < -0.39 is 0 Å². The molecule has 23 heavy (non-hydrogen) atoms. The van der Waals surface area contributed by atoms with Crippen LogP contribution in [0.2, 0.25) is 0 Å². The molecular weight excluding hydrogens is 332 g/mol. The van der Waals surface area contributed by atoms with E-state index in [2.05, 4.69) is 27.4 Å². The fraction of sp³-hybridized carbons (Fsp3) is 0.267. The number of carbonyl (C=O) groups excluding carboxylic acids is 1. The quantitative estimate of drug-likeness (QED) is 0.562. The number of aromatic nitrogens is 2. The van der Waals surface area contributed by atoms with Gasteiger partial charge in [0.1, 0.15) is 5.75 Å². The van der Waals surface area contributed by atoms with Crippen molar-refractivity contribution < 1.29 is 9.53 Å². The Balaban J connectivity index is 1.88. The zero-order chi connectivity index (χ0) is 16.7. The normalized spacial score (nSPS) is 11.6. The molecule has 0 spiro atoms. The molecule has 6 nitrogen and oxygen atoms in total. The highest BCUT2D eigenvalue weighted by atomic mass is 32.2. The van der Waals surface area contributed by atoms with E-state index in [1.165, 1.54) is 23.1 Å². The van der Waals surface area contributed by atoms with Crippen LogP contribution in [0.4, 0.5) is 10.8 Å². The molecule has 1 atom stereocenters. The van der Waals surface area contributed by atoms with Crippen LogP contribution in [-0.2, 0) is 4.79 Å². The summed E-state index contributed by atoms with van der Waals surface area (Å²) in [4.78, 5) is 12.2. The van der Waals surface area contributed by atoms with Gasteiger partial charge in [-0.05, 0) is 31.2 Å². The molecule has 0 bridgehead atoms. The first-order chi connectivity index (χ1) is 11.1. The maximum atomic E-state index is 12.2. The largest absolute Gasteiger partial charge is 0.497 e. The van der Waals surface area contributed by atoms with Gasteiger partial charge in [0.05, 0.1) is 12.4 Å². The van der Waals surface area contributed by atoms with Crippen LogP contribution in [-0.4, -0.2) is 35.0 Å². The minimum Gasteiger partial charge on any atom is -0.497 e. The molecule has 2 aromatic rings. The molecule has 0 saturated carbocycles. The van der Waals surface area contributed by atoms with Crippen LogP contribution < -0.4 is 15.4 Å². The lowest BCUT2D eigenvalue weighted by molar-refractivity contribution is -0.115. The first-order valence-corrected chi connectivity index (χ1v) is 8.62. The number of ether oxygens (including phenoxy) is 1. The minimum atomic E-state index is -0.280. The zero-order valence-corrected chi connectivity index (χ0v) is 14.5. The zero-order valence-electron chi connectivity index (χ0n) is 12.9. The SMILES string of the molecule is C=CCNc1nnc(S[C@@H](C)C(=O)Nc2ccc(OC)cc2)s1. The molecule has 0 fully saturated rings. The molecule has 0 saturated heterocycles. The van der Waals surface area contributed by atoms with Crippen molar-refractivity contribution in [2.75, 3.05) is 24.3 Å². The summed E-state index contributed by atoms with van der Waals surface area (Å²) in [6.45, 7) is 6.10. The Kier molecular flexibility index (Phi) is 6.42. The van der Waals surface area contributed by atoms with Gasteiger partial charge in [-0.25, -0.2) is 0 Å². The molecule has 1 aromatic heterocycles. The highest BCUT2D eigenvalue weighted by molar-refractivity contribution is 8.02. The van der Waals surface area contributed by atoms with Gasteiger partial charge in [-0.15, -0.1) is 16.8 Å². The van der Waals surface area contributed by atoms with Crippen LogP contribution in [0, 0.1) is 0 Å². The van der Waals surface area contributed by atoms with E-state index in [0.717, 1.165) is 20.9 Å². The van der Waals surface area contributed by atoms with Gasteiger partial charge in [0.2, 0.25) is 11.0 Å². The molecule has 0 aliphatic rings. The van der Waals surface area contributed by atoms with Gasteiger partial charge in [0.25, 0.3) is 0 Å². The van der Waals surface area contributed by atoms with Crippen LogP contribution in [0.25, 0.3) is 0 Å². The number of rotatable bonds is 8. The number of thioether (sulfide) groups is 1. The maximum Gasteiger partial charge on any atom is 0.237 e. The number of methoxy groups -OCH3 is 1. The third-order valence-electron chi connectivity index (χ3n) is 2.81. The number of nitrogens with one attached hydrogen (secondary N) is 2. The van der Waals surface area contributed by atoms with Gasteiger partial charge >= 0.3 is 0 Å². The lowest BCUT2D eigenvalue weighted by Crippen LogP contribution is -2.22. The Bertz CT molecular complexity index is 658. The molecule has 0 radical (unpaired) electrons. The van der Waals surface area contributed by atoms with Crippen LogP contribution in [0.1, 0.15) is 6.92 Å². The fourth-order valence-electron chi connectivity index (χ4n) is 1.61. The average molecular weight is 350 g/mol. The standard InChI is InChI=1S/C15H18N4O2S2/c1-4-9-16-14-18-19-15(23-14)22-10(2)13(20)17-11-5-7-12(21-3)8-6-11/h4-8,10H,1,9H2,2-3H3,(H,16,18)(H,17,20)/t10-/m0/s1. The Morgan fingerprint density at radius 3 is 2.83 bits per heavy atom. The van der Waals surface area contributed by atoms with Gasteiger partial charge in [-0.3, -0.25) is 4.79 Å². The smallest absolute Gasteiger partial charge is 0.237 e. The van der Waals surface area contributed by atoms with Crippen molar-refractivity contribution in [3.8, 4) is 5.75 Å². The number of hydrogen-bond acceptors (Lipinski definition) is 7. The highest BCUT2D eigenvalue weighted by Gasteiger charge is 2.17. The lowest BCUT2D eigenvalue weighted by Gasteiger charge is -2.10. The van der Waals surface area contributed by atoms with Crippen LogP contribution >= 0.6 is 23.1 Å². The number of carbonyl (C=O) groups is 1. The van der Waals surface area contributed by atoms with E-state index in [4.69, 9.17) is 4.74 Å². The van der Waals surface area contributed by atoms with E-state index in [1.54, 1.807) is 37.5 Å². The second-order valence-electron chi connectivity index (χ2n) is 4.52. The molecule has 1 aromatic carbocycles. The fourth-order valence-corrected chi connectivity index (χ4v) is 3.51. The lowest BCUT2D eigenvalue weighted by atomic mass is 10.3. The predicted molar refractivity (Wildman–Crippen MR) is 95.5 cm³/mol. The monoisotopic (exact) mass is 350 g/mol. The second kappa shape index (κ2) is 8.54. The molecule has 0 aliphatic carbocycles. The first-order valence-electron chi connectivity index (χ1n) is 6.92. The summed E-state index contributed by atoms with van der Waals surface area (Å²) < 4.78 is 5.83. The maximum absolute atomic E-state index is 12.2. The second-order valence-corrected chi connectivity index (χ2v) is 7.09. The summed E-state index contributed by atoms with van der Waals surface area (Å²) >= 11 is 2.79. The Labute approximate surface area is 143 Å². The van der Waals surface area contributed by atoms with Crippen molar-refractivity contribution in [2.24, 2.45) is 0 Å². The van der Waals surface area contributed by atoms with Crippen LogP contribution in [0.3, 0.4) is 0 Å². The van der Waals surface area contributed by atoms with Crippen LogP contribution in [0.15, 0.2) is 41.3 Å². The third kappa shape index (κ3) is 5.26.